The summed E-state index contributed by atoms with van der Waals surface area (Å²) in [5, 5.41) is 0. The van der Waals surface area contributed by atoms with E-state index >= 15 is 0 Å². The summed E-state index contributed by atoms with van der Waals surface area (Å²) in [5.41, 5.74) is 0. The smallest absolute Gasteiger partial charge is 0.173 e. The minimum absolute atomic E-state index is 0.678. The van der Waals surface area contributed by atoms with Crippen LogP contribution in [0.25, 0.3) is 0 Å². The van der Waals surface area contributed by atoms with Crippen molar-refractivity contribution in [1.29, 1.82) is 0 Å². The Balaban J connectivity index is 1.90. The van der Waals surface area contributed by atoms with Crippen LogP contribution in [0.1, 0.15) is 5.76 Å². The number of hydrogen-bond acceptors (Lipinski definition) is 4. The van der Waals surface area contributed by atoms with E-state index in [1.54, 1.807) is 6.26 Å². The van der Waals surface area contributed by atoms with Crippen LogP contribution in [-0.2, 0) is 6.54 Å². The quantitative estimate of drug-likeness (QED) is 0.799. The van der Waals surface area contributed by atoms with Gasteiger partial charge in [-0.15, -0.1) is 0 Å². The van der Waals surface area contributed by atoms with Crippen LogP contribution < -0.4 is 9.64 Å². The number of pyridine rings is 1. The van der Waals surface area contributed by atoms with E-state index in [-0.39, 0.29) is 0 Å². The van der Waals surface area contributed by atoms with Crippen LogP contribution in [-0.4, -0.2) is 18.1 Å². The third-order valence-corrected chi connectivity index (χ3v) is 3.09. The molecule has 3 rings (SSSR count). The fourth-order valence-electron chi connectivity index (χ4n) is 1.87. The molecule has 0 saturated carbocycles. The molecule has 3 heterocycles. The Bertz CT molecular complexity index is 513. The summed E-state index contributed by atoms with van der Waals surface area (Å²) < 4.78 is 11.7. The van der Waals surface area contributed by atoms with Gasteiger partial charge in [0.1, 0.15) is 17.0 Å². The van der Waals surface area contributed by atoms with Crippen molar-refractivity contribution in [2.45, 2.75) is 6.54 Å². The average molecular weight is 295 g/mol. The molecule has 5 heteroatoms. The van der Waals surface area contributed by atoms with Gasteiger partial charge in [0, 0.05) is 0 Å². The zero-order valence-corrected chi connectivity index (χ0v) is 10.7. The lowest BCUT2D eigenvalue weighted by Gasteiger charge is -2.29. The second-order valence-electron chi connectivity index (χ2n) is 3.81. The maximum atomic E-state index is 5.57. The van der Waals surface area contributed by atoms with E-state index < -0.39 is 0 Å². The standard InChI is InChI=1S/C12H11BrN2O2/c13-11-4-3-10-12(14-11)15(5-7-17-10)8-9-2-1-6-16-9/h1-4,6H,5,7-8H2. The van der Waals surface area contributed by atoms with Crippen LogP contribution in [0, 0.1) is 0 Å². The summed E-state index contributed by atoms with van der Waals surface area (Å²) in [4.78, 5) is 6.61. The zero-order valence-electron chi connectivity index (χ0n) is 9.10. The monoisotopic (exact) mass is 294 g/mol. The molecule has 4 nitrogen and oxygen atoms in total. The zero-order chi connectivity index (χ0) is 11.7. The van der Waals surface area contributed by atoms with E-state index in [1.807, 2.05) is 24.3 Å². The number of hydrogen-bond donors (Lipinski definition) is 0. The molecule has 0 fully saturated rings. The van der Waals surface area contributed by atoms with E-state index in [1.165, 1.54) is 0 Å². The molecule has 0 radical (unpaired) electrons. The molecule has 0 aromatic carbocycles. The SMILES string of the molecule is Brc1ccc2c(n1)N(Cc1ccco1)CCO2. The van der Waals surface area contributed by atoms with Gasteiger partial charge in [-0.25, -0.2) is 4.98 Å². The predicted octanol–water partition coefficient (Wildman–Crippen LogP) is 2.84. The first-order valence-electron chi connectivity index (χ1n) is 5.39. The molecular weight excluding hydrogens is 284 g/mol. The Morgan fingerprint density at radius 1 is 1.35 bits per heavy atom. The Morgan fingerprint density at radius 2 is 2.29 bits per heavy atom. The summed E-state index contributed by atoms with van der Waals surface area (Å²) in [6.07, 6.45) is 1.69. The molecule has 1 aliphatic rings. The first kappa shape index (κ1) is 10.7. The highest BCUT2D eigenvalue weighted by atomic mass is 79.9. The minimum atomic E-state index is 0.678. The molecule has 17 heavy (non-hydrogen) atoms. The van der Waals surface area contributed by atoms with Crippen molar-refractivity contribution in [1.82, 2.24) is 4.98 Å². The number of halogens is 1. The van der Waals surface area contributed by atoms with Crippen molar-refractivity contribution in [2.75, 3.05) is 18.1 Å². The third kappa shape index (κ3) is 2.15. The van der Waals surface area contributed by atoms with Gasteiger partial charge in [0.25, 0.3) is 0 Å². The summed E-state index contributed by atoms with van der Waals surface area (Å²) in [5.74, 6) is 2.62. The van der Waals surface area contributed by atoms with E-state index in [2.05, 4.69) is 25.8 Å². The molecule has 0 bridgehead atoms. The number of aromatic nitrogens is 1. The molecule has 88 valence electrons. The summed E-state index contributed by atoms with van der Waals surface area (Å²) >= 11 is 3.38. The maximum Gasteiger partial charge on any atom is 0.173 e. The van der Waals surface area contributed by atoms with Gasteiger partial charge >= 0.3 is 0 Å². The molecule has 0 atom stereocenters. The van der Waals surface area contributed by atoms with Crippen LogP contribution in [0.2, 0.25) is 0 Å². The van der Waals surface area contributed by atoms with Crippen molar-refractivity contribution in [2.24, 2.45) is 0 Å². The Hall–Kier alpha value is -1.49. The van der Waals surface area contributed by atoms with Crippen LogP contribution in [0.4, 0.5) is 5.82 Å². The first-order chi connectivity index (χ1) is 8.33. The van der Waals surface area contributed by atoms with Crippen LogP contribution in [0.15, 0.2) is 39.5 Å². The molecule has 2 aromatic rings. The lowest BCUT2D eigenvalue weighted by atomic mass is 10.3. The van der Waals surface area contributed by atoms with Gasteiger partial charge in [0.05, 0.1) is 19.4 Å². The molecule has 2 aromatic heterocycles. The highest BCUT2D eigenvalue weighted by Crippen LogP contribution is 2.31. The lowest BCUT2D eigenvalue weighted by molar-refractivity contribution is 0.302. The predicted molar refractivity (Wildman–Crippen MR) is 67.2 cm³/mol. The van der Waals surface area contributed by atoms with Crippen LogP contribution >= 0.6 is 15.9 Å². The fourth-order valence-corrected chi connectivity index (χ4v) is 2.17. The van der Waals surface area contributed by atoms with Gasteiger partial charge in [0.15, 0.2) is 11.6 Å². The van der Waals surface area contributed by atoms with Crippen molar-refractivity contribution in [3.63, 3.8) is 0 Å². The minimum Gasteiger partial charge on any atom is -0.488 e. The van der Waals surface area contributed by atoms with Gasteiger partial charge in [-0.2, -0.15) is 0 Å². The number of ether oxygens (including phenoxy) is 1. The van der Waals surface area contributed by atoms with E-state index in [0.29, 0.717) is 13.2 Å². The topological polar surface area (TPSA) is 38.5 Å². The Labute approximate surface area is 107 Å². The van der Waals surface area contributed by atoms with Crippen molar-refractivity contribution in [3.05, 3.63) is 40.9 Å². The number of nitrogens with zero attached hydrogens (tertiary/aromatic N) is 2. The normalized spacial score (nSPS) is 14.3. The van der Waals surface area contributed by atoms with E-state index in [4.69, 9.17) is 9.15 Å². The highest BCUT2D eigenvalue weighted by Gasteiger charge is 2.20. The van der Waals surface area contributed by atoms with Gasteiger partial charge in [-0.3, -0.25) is 0 Å². The van der Waals surface area contributed by atoms with Gasteiger partial charge in [-0.1, -0.05) is 0 Å². The first-order valence-corrected chi connectivity index (χ1v) is 6.19. The largest absolute Gasteiger partial charge is 0.488 e. The third-order valence-electron chi connectivity index (χ3n) is 2.65. The number of anilines is 1. The fraction of sp³-hybridized carbons (Fsp3) is 0.250. The van der Waals surface area contributed by atoms with Crippen molar-refractivity contribution in [3.8, 4) is 5.75 Å². The summed E-state index contributed by atoms with van der Waals surface area (Å²) in [6, 6.07) is 7.67. The van der Waals surface area contributed by atoms with Gasteiger partial charge in [0.2, 0.25) is 0 Å². The highest BCUT2D eigenvalue weighted by molar-refractivity contribution is 9.10. The maximum absolute atomic E-state index is 5.57. The molecule has 0 aliphatic carbocycles. The van der Waals surface area contributed by atoms with Crippen molar-refractivity contribution < 1.29 is 9.15 Å². The van der Waals surface area contributed by atoms with Gasteiger partial charge in [-0.05, 0) is 40.2 Å². The molecule has 0 N–H and O–H groups in total. The molecule has 0 amide bonds. The average Bonchev–Trinajstić information content (AvgIpc) is 2.83. The molecular formula is C12H11BrN2O2. The van der Waals surface area contributed by atoms with Crippen LogP contribution in [0.3, 0.4) is 0 Å². The molecule has 1 aliphatic heterocycles. The molecule has 0 unspecified atom stereocenters. The molecule has 0 spiro atoms. The van der Waals surface area contributed by atoms with E-state index in [9.17, 15) is 0 Å². The lowest BCUT2D eigenvalue weighted by Crippen LogP contribution is -2.32. The van der Waals surface area contributed by atoms with Crippen LogP contribution in [0.5, 0.6) is 5.75 Å². The van der Waals surface area contributed by atoms with E-state index in [0.717, 1.165) is 28.5 Å². The Kier molecular flexibility index (Phi) is 2.76. The van der Waals surface area contributed by atoms with Crippen molar-refractivity contribution >= 4 is 21.7 Å². The number of rotatable bonds is 2. The summed E-state index contributed by atoms with van der Waals surface area (Å²) in [7, 11) is 0. The molecule has 0 saturated heterocycles. The second kappa shape index (κ2) is 4.41. The number of furan rings is 1. The Morgan fingerprint density at radius 3 is 3.12 bits per heavy atom. The number of fused-ring (bicyclic) bond motifs is 1. The summed E-state index contributed by atoms with van der Waals surface area (Å²) in [6.45, 7) is 2.21. The van der Waals surface area contributed by atoms with Gasteiger partial charge < -0.3 is 14.1 Å². The second-order valence-corrected chi connectivity index (χ2v) is 4.62.